The third kappa shape index (κ3) is 8.27. The summed E-state index contributed by atoms with van der Waals surface area (Å²) >= 11 is 1.94. The number of hydrogen-bond donors (Lipinski definition) is 2. The van der Waals surface area contributed by atoms with Crippen LogP contribution in [0, 0.1) is 0 Å². The first-order chi connectivity index (χ1) is 4.91. The molecule has 0 heterocycles. The van der Waals surface area contributed by atoms with Gasteiger partial charge in [0.25, 0.3) is 0 Å². The molecule has 0 radical (unpaired) electrons. The van der Waals surface area contributed by atoms with Gasteiger partial charge < -0.3 is 10.4 Å². The average Bonchev–Trinajstić information content (AvgIpc) is 1.97. The Morgan fingerprint density at radius 1 is 1.40 bits per heavy atom. The van der Waals surface area contributed by atoms with Gasteiger partial charge in [-0.05, 0) is 18.7 Å². The molecule has 0 fully saturated rings. The summed E-state index contributed by atoms with van der Waals surface area (Å²) in [6.45, 7) is 4.48. The standard InChI is InChI=1S/C7H17NOS/c1-2-10-7-5-8-4-3-6-9/h8-9H,2-7H2,1H3. The first kappa shape index (κ1) is 10.3. The maximum absolute atomic E-state index is 8.42. The lowest BCUT2D eigenvalue weighted by molar-refractivity contribution is 0.286. The molecule has 2 nitrogen and oxygen atoms in total. The largest absolute Gasteiger partial charge is 0.396 e. The van der Waals surface area contributed by atoms with Crippen LogP contribution < -0.4 is 5.32 Å². The molecule has 0 spiro atoms. The number of rotatable bonds is 7. The van der Waals surface area contributed by atoms with Gasteiger partial charge in [0.2, 0.25) is 0 Å². The molecule has 0 atom stereocenters. The zero-order valence-corrected chi connectivity index (χ0v) is 7.41. The van der Waals surface area contributed by atoms with E-state index in [0.717, 1.165) is 19.5 Å². The summed E-state index contributed by atoms with van der Waals surface area (Å²) in [6, 6.07) is 0. The molecule has 0 amide bonds. The van der Waals surface area contributed by atoms with Gasteiger partial charge in [-0.2, -0.15) is 11.8 Å². The van der Waals surface area contributed by atoms with E-state index in [1.54, 1.807) is 0 Å². The maximum Gasteiger partial charge on any atom is 0.0443 e. The number of aliphatic hydroxyl groups excluding tert-OH is 1. The topological polar surface area (TPSA) is 32.3 Å². The van der Waals surface area contributed by atoms with Gasteiger partial charge >= 0.3 is 0 Å². The summed E-state index contributed by atoms with van der Waals surface area (Å²) in [5.41, 5.74) is 0. The third-order valence-corrected chi connectivity index (χ3v) is 2.04. The van der Waals surface area contributed by atoms with Gasteiger partial charge in [0, 0.05) is 18.9 Å². The normalized spacial score (nSPS) is 10.2. The quantitative estimate of drug-likeness (QED) is 0.542. The summed E-state index contributed by atoms with van der Waals surface area (Å²) in [6.07, 6.45) is 0.872. The first-order valence-electron chi connectivity index (χ1n) is 3.81. The van der Waals surface area contributed by atoms with Crippen molar-refractivity contribution in [3.05, 3.63) is 0 Å². The van der Waals surface area contributed by atoms with Crippen molar-refractivity contribution >= 4 is 11.8 Å². The molecule has 3 heteroatoms. The van der Waals surface area contributed by atoms with Crippen molar-refractivity contribution in [1.82, 2.24) is 5.32 Å². The van der Waals surface area contributed by atoms with Crippen LogP contribution in [-0.2, 0) is 0 Å². The Morgan fingerprint density at radius 2 is 2.20 bits per heavy atom. The molecule has 0 aliphatic rings. The van der Waals surface area contributed by atoms with Crippen molar-refractivity contribution < 1.29 is 5.11 Å². The van der Waals surface area contributed by atoms with Gasteiger partial charge in [-0.15, -0.1) is 0 Å². The van der Waals surface area contributed by atoms with Crippen LogP contribution in [0.2, 0.25) is 0 Å². The van der Waals surface area contributed by atoms with Crippen molar-refractivity contribution in [2.45, 2.75) is 13.3 Å². The van der Waals surface area contributed by atoms with E-state index in [-0.39, 0.29) is 0 Å². The Balaban J connectivity index is 2.65. The van der Waals surface area contributed by atoms with Crippen molar-refractivity contribution in [3.63, 3.8) is 0 Å². The first-order valence-corrected chi connectivity index (χ1v) is 4.96. The van der Waals surface area contributed by atoms with Gasteiger partial charge in [0.05, 0.1) is 0 Å². The van der Waals surface area contributed by atoms with Gasteiger partial charge in [-0.1, -0.05) is 6.92 Å². The maximum atomic E-state index is 8.42. The average molecular weight is 163 g/mol. The van der Waals surface area contributed by atoms with E-state index in [1.807, 2.05) is 11.8 Å². The molecule has 0 saturated carbocycles. The lowest BCUT2D eigenvalue weighted by Crippen LogP contribution is -2.19. The van der Waals surface area contributed by atoms with Gasteiger partial charge in [-0.25, -0.2) is 0 Å². The van der Waals surface area contributed by atoms with Crippen LogP contribution in [0.1, 0.15) is 13.3 Å². The highest BCUT2D eigenvalue weighted by Crippen LogP contribution is 1.94. The minimum Gasteiger partial charge on any atom is -0.396 e. The highest BCUT2D eigenvalue weighted by atomic mass is 32.2. The summed E-state index contributed by atoms with van der Waals surface area (Å²) in [5.74, 6) is 2.38. The number of hydrogen-bond acceptors (Lipinski definition) is 3. The molecule has 0 saturated heterocycles. The Kier molecular flexibility index (Phi) is 9.52. The van der Waals surface area contributed by atoms with E-state index in [0.29, 0.717) is 6.61 Å². The van der Waals surface area contributed by atoms with Crippen LogP contribution in [0.4, 0.5) is 0 Å². The predicted octanol–water partition coefficient (Wildman–Crippen LogP) is 0.711. The van der Waals surface area contributed by atoms with E-state index in [2.05, 4.69) is 12.2 Å². The minimum absolute atomic E-state index is 0.300. The Labute approximate surface area is 67.4 Å². The molecule has 0 unspecified atom stereocenters. The van der Waals surface area contributed by atoms with Crippen LogP contribution in [0.3, 0.4) is 0 Å². The van der Waals surface area contributed by atoms with Gasteiger partial charge in [-0.3, -0.25) is 0 Å². The molecule has 0 aromatic carbocycles. The summed E-state index contributed by atoms with van der Waals surface area (Å²) in [5, 5.41) is 11.7. The fourth-order valence-corrected chi connectivity index (χ4v) is 1.20. The fraction of sp³-hybridized carbons (Fsp3) is 1.00. The number of thioether (sulfide) groups is 1. The Bertz CT molecular complexity index is 53.6. The van der Waals surface area contributed by atoms with Crippen LogP contribution in [0.15, 0.2) is 0 Å². The number of nitrogens with one attached hydrogen (secondary N) is 1. The van der Waals surface area contributed by atoms with E-state index in [9.17, 15) is 0 Å². The summed E-state index contributed by atoms with van der Waals surface area (Å²) in [4.78, 5) is 0. The van der Waals surface area contributed by atoms with Crippen LogP contribution >= 0.6 is 11.8 Å². The third-order valence-electron chi connectivity index (χ3n) is 1.14. The highest BCUT2D eigenvalue weighted by molar-refractivity contribution is 7.99. The second-order valence-corrected chi connectivity index (χ2v) is 3.42. The zero-order chi connectivity index (χ0) is 7.66. The minimum atomic E-state index is 0.300. The number of aliphatic hydroxyl groups is 1. The molecule has 0 aromatic heterocycles. The lowest BCUT2D eigenvalue weighted by Gasteiger charge is -2.00. The van der Waals surface area contributed by atoms with Crippen LogP contribution in [-0.4, -0.2) is 36.3 Å². The van der Waals surface area contributed by atoms with E-state index >= 15 is 0 Å². The van der Waals surface area contributed by atoms with Gasteiger partial charge in [0.15, 0.2) is 0 Å². The molecule has 0 aliphatic heterocycles. The molecule has 0 aliphatic carbocycles. The molecule has 0 aromatic rings. The highest BCUT2D eigenvalue weighted by Gasteiger charge is 1.85. The molecule has 0 bridgehead atoms. The smallest absolute Gasteiger partial charge is 0.0443 e. The monoisotopic (exact) mass is 163 g/mol. The Hall–Kier alpha value is 0.270. The van der Waals surface area contributed by atoms with Gasteiger partial charge in [0.1, 0.15) is 0 Å². The predicted molar refractivity (Wildman–Crippen MR) is 47.6 cm³/mol. The van der Waals surface area contributed by atoms with Crippen LogP contribution in [0.25, 0.3) is 0 Å². The van der Waals surface area contributed by atoms with Crippen LogP contribution in [0.5, 0.6) is 0 Å². The fourth-order valence-electron chi connectivity index (χ4n) is 0.618. The zero-order valence-electron chi connectivity index (χ0n) is 6.60. The van der Waals surface area contributed by atoms with Crippen molar-refractivity contribution in [3.8, 4) is 0 Å². The van der Waals surface area contributed by atoms with Crippen molar-refractivity contribution in [2.75, 3.05) is 31.2 Å². The second-order valence-electron chi connectivity index (χ2n) is 2.02. The SMILES string of the molecule is CCSCCNCCCO. The molecular formula is C7H17NOS. The molecule has 62 valence electrons. The summed E-state index contributed by atoms with van der Waals surface area (Å²) < 4.78 is 0. The molecule has 2 N–H and O–H groups in total. The van der Waals surface area contributed by atoms with Crippen molar-refractivity contribution in [2.24, 2.45) is 0 Å². The van der Waals surface area contributed by atoms with E-state index < -0.39 is 0 Å². The second kappa shape index (κ2) is 9.27. The summed E-state index contributed by atoms with van der Waals surface area (Å²) in [7, 11) is 0. The lowest BCUT2D eigenvalue weighted by atomic mass is 10.4. The van der Waals surface area contributed by atoms with E-state index in [1.165, 1.54) is 11.5 Å². The van der Waals surface area contributed by atoms with E-state index in [4.69, 9.17) is 5.11 Å². The molecular weight excluding hydrogens is 146 g/mol. The van der Waals surface area contributed by atoms with Crippen molar-refractivity contribution in [1.29, 1.82) is 0 Å². The Morgan fingerprint density at radius 3 is 2.80 bits per heavy atom. The molecule has 0 rings (SSSR count). The molecule has 10 heavy (non-hydrogen) atoms.